The Kier molecular flexibility index (Phi) is 7.31. The zero-order chi connectivity index (χ0) is 25.0. The molecule has 184 valence electrons. The number of rotatable bonds is 8. The number of carboxylic acids is 1. The molecular formula is C27H31N3O5. The molecule has 1 aromatic heterocycles. The number of aromatic nitrogens is 2. The Bertz CT molecular complexity index is 1150. The molecule has 1 fully saturated rings. The molecule has 0 radical (unpaired) electrons. The first-order valence-corrected chi connectivity index (χ1v) is 11.9. The minimum Gasteiger partial charge on any atom is -0.478 e. The van der Waals surface area contributed by atoms with Crippen molar-refractivity contribution in [2.24, 2.45) is 0 Å². The molecule has 0 aliphatic carbocycles. The Morgan fingerprint density at radius 1 is 1.06 bits per heavy atom. The van der Waals surface area contributed by atoms with Crippen LogP contribution in [0.5, 0.6) is 0 Å². The first-order valence-electron chi connectivity index (χ1n) is 11.9. The minimum absolute atomic E-state index is 0.130. The van der Waals surface area contributed by atoms with Crippen LogP contribution in [0.15, 0.2) is 59.1 Å². The molecule has 8 nitrogen and oxygen atoms in total. The fourth-order valence-electron chi connectivity index (χ4n) is 4.36. The standard InChI is InChI=1S/C27H31N3O5/c1-27(2,3)34-21-16-22(30(17-21)25(31)19-12-14-20(15-13-19)26(32)33)24-28-23(29-35-24)11-7-10-18-8-5-4-6-9-18/h4-6,8-9,12-15,21-22H,7,10-11,16-17H2,1-3H3,(H,32,33)/t21-,22?/m1/s1. The lowest BCUT2D eigenvalue weighted by atomic mass is 10.1. The first-order chi connectivity index (χ1) is 16.7. The van der Waals surface area contributed by atoms with Gasteiger partial charge in [-0.05, 0) is 63.4 Å². The van der Waals surface area contributed by atoms with E-state index >= 15 is 0 Å². The number of carboxylic acid groups (broad SMARTS) is 1. The van der Waals surface area contributed by atoms with Gasteiger partial charge in [0.2, 0.25) is 5.89 Å². The van der Waals surface area contributed by atoms with Gasteiger partial charge in [0, 0.05) is 24.9 Å². The number of amides is 1. The van der Waals surface area contributed by atoms with Crippen LogP contribution in [0.4, 0.5) is 0 Å². The molecule has 1 saturated heterocycles. The minimum atomic E-state index is -1.03. The molecule has 4 rings (SSSR count). The number of hydrogen-bond acceptors (Lipinski definition) is 6. The molecule has 1 aliphatic heterocycles. The third-order valence-electron chi connectivity index (χ3n) is 5.90. The van der Waals surface area contributed by atoms with E-state index in [2.05, 4.69) is 22.3 Å². The van der Waals surface area contributed by atoms with Crippen molar-refractivity contribution in [1.82, 2.24) is 15.0 Å². The summed E-state index contributed by atoms with van der Waals surface area (Å²) in [6.45, 7) is 6.32. The van der Waals surface area contributed by atoms with Crippen molar-refractivity contribution < 1.29 is 24.0 Å². The van der Waals surface area contributed by atoms with E-state index < -0.39 is 12.0 Å². The van der Waals surface area contributed by atoms with Crippen LogP contribution in [-0.2, 0) is 17.6 Å². The van der Waals surface area contributed by atoms with E-state index in [1.807, 2.05) is 39.0 Å². The summed E-state index contributed by atoms with van der Waals surface area (Å²) >= 11 is 0. The molecule has 35 heavy (non-hydrogen) atoms. The van der Waals surface area contributed by atoms with Crippen LogP contribution in [0.3, 0.4) is 0 Å². The molecule has 0 bridgehead atoms. The van der Waals surface area contributed by atoms with Gasteiger partial charge < -0.3 is 19.3 Å². The molecule has 8 heteroatoms. The highest BCUT2D eigenvalue weighted by atomic mass is 16.5. The van der Waals surface area contributed by atoms with E-state index in [4.69, 9.17) is 14.4 Å². The number of likely N-dealkylation sites (tertiary alicyclic amines) is 1. The summed E-state index contributed by atoms with van der Waals surface area (Å²) in [7, 11) is 0. The Morgan fingerprint density at radius 3 is 2.40 bits per heavy atom. The summed E-state index contributed by atoms with van der Waals surface area (Å²) in [5.41, 5.74) is 1.43. The van der Waals surface area contributed by atoms with E-state index in [0.717, 1.165) is 12.8 Å². The second kappa shape index (κ2) is 10.4. The van der Waals surface area contributed by atoms with Gasteiger partial charge in [-0.25, -0.2) is 4.79 Å². The van der Waals surface area contributed by atoms with Crippen molar-refractivity contribution in [2.45, 2.75) is 64.2 Å². The highest BCUT2D eigenvalue weighted by molar-refractivity contribution is 5.96. The fraction of sp³-hybridized carbons (Fsp3) is 0.407. The number of carbonyl (C=O) groups excluding carboxylic acids is 1. The summed E-state index contributed by atoms with van der Waals surface area (Å²) in [6.07, 6.45) is 2.85. The third-order valence-corrected chi connectivity index (χ3v) is 5.90. The van der Waals surface area contributed by atoms with E-state index in [9.17, 15) is 9.59 Å². The van der Waals surface area contributed by atoms with Crippen molar-refractivity contribution in [3.05, 3.63) is 83.0 Å². The second-order valence-corrected chi connectivity index (χ2v) is 9.83. The summed E-state index contributed by atoms with van der Waals surface area (Å²) < 4.78 is 11.8. The number of benzene rings is 2. The van der Waals surface area contributed by atoms with E-state index in [-0.39, 0.29) is 23.2 Å². The first kappa shape index (κ1) is 24.6. The predicted molar refractivity (Wildman–Crippen MR) is 129 cm³/mol. The fourth-order valence-corrected chi connectivity index (χ4v) is 4.36. The number of nitrogens with zero attached hydrogens (tertiary/aromatic N) is 3. The average molecular weight is 478 g/mol. The largest absolute Gasteiger partial charge is 0.478 e. The maximum Gasteiger partial charge on any atom is 0.335 e. The van der Waals surface area contributed by atoms with Crippen LogP contribution in [0.2, 0.25) is 0 Å². The second-order valence-electron chi connectivity index (χ2n) is 9.83. The Balaban J connectivity index is 1.49. The Labute approximate surface area is 204 Å². The normalized spacial score (nSPS) is 18.1. The number of aromatic carboxylic acids is 1. The van der Waals surface area contributed by atoms with Gasteiger partial charge in [-0.1, -0.05) is 35.5 Å². The van der Waals surface area contributed by atoms with E-state index in [1.54, 1.807) is 4.90 Å². The number of hydrogen-bond donors (Lipinski definition) is 1. The third kappa shape index (κ3) is 6.33. The molecular weight excluding hydrogens is 446 g/mol. The molecule has 2 atom stereocenters. The monoisotopic (exact) mass is 477 g/mol. The molecule has 2 aromatic carbocycles. The van der Waals surface area contributed by atoms with Crippen LogP contribution in [0.1, 0.15) is 77.6 Å². The van der Waals surface area contributed by atoms with Crippen LogP contribution in [-0.4, -0.2) is 50.3 Å². The SMILES string of the molecule is CC(C)(C)O[C@@H]1CC(c2nc(CCCc3ccccc3)no2)N(C(=O)c2ccc(C(=O)O)cc2)C1. The average Bonchev–Trinajstić information content (AvgIpc) is 3.45. The Morgan fingerprint density at radius 2 is 1.74 bits per heavy atom. The molecule has 1 unspecified atom stereocenters. The maximum absolute atomic E-state index is 13.4. The molecule has 2 heterocycles. The Hall–Kier alpha value is -3.52. The van der Waals surface area contributed by atoms with Crippen molar-refractivity contribution in [2.75, 3.05) is 6.54 Å². The molecule has 1 amide bonds. The topological polar surface area (TPSA) is 106 Å². The molecule has 1 aliphatic rings. The molecule has 0 saturated carbocycles. The lowest BCUT2D eigenvalue weighted by molar-refractivity contribution is -0.0535. The highest BCUT2D eigenvalue weighted by Crippen LogP contribution is 2.35. The van der Waals surface area contributed by atoms with Gasteiger partial charge in [-0.2, -0.15) is 4.98 Å². The van der Waals surface area contributed by atoms with Crippen molar-refractivity contribution in [3.63, 3.8) is 0 Å². The van der Waals surface area contributed by atoms with Crippen LogP contribution in [0, 0.1) is 0 Å². The van der Waals surface area contributed by atoms with Gasteiger partial charge in [0.25, 0.3) is 5.91 Å². The number of aryl methyl sites for hydroxylation is 2. The van der Waals surface area contributed by atoms with Crippen molar-refractivity contribution in [3.8, 4) is 0 Å². The number of carbonyl (C=O) groups is 2. The van der Waals surface area contributed by atoms with Crippen LogP contribution < -0.4 is 0 Å². The van der Waals surface area contributed by atoms with Gasteiger partial charge in [0.1, 0.15) is 6.04 Å². The van der Waals surface area contributed by atoms with Crippen LogP contribution >= 0.6 is 0 Å². The molecule has 1 N–H and O–H groups in total. The molecule has 3 aromatic rings. The smallest absolute Gasteiger partial charge is 0.335 e. The summed E-state index contributed by atoms with van der Waals surface area (Å²) in [4.78, 5) is 30.9. The van der Waals surface area contributed by atoms with Crippen molar-refractivity contribution in [1.29, 1.82) is 0 Å². The van der Waals surface area contributed by atoms with Gasteiger partial charge in [-0.15, -0.1) is 0 Å². The van der Waals surface area contributed by atoms with E-state index in [1.165, 1.54) is 29.8 Å². The lowest BCUT2D eigenvalue weighted by Gasteiger charge is -2.25. The summed E-state index contributed by atoms with van der Waals surface area (Å²) in [5.74, 6) is -0.243. The number of ether oxygens (including phenoxy) is 1. The maximum atomic E-state index is 13.4. The van der Waals surface area contributed by atoms with Gasteiger partial charge in [-0.3, -0.25) is 4.79 Å². The van der Waals surface area contributed by atoms with Gasteiger partial charge in [0.15, 0.2) is 5.82 Å². The highest BCUT2D eigenvalue weighted by Gasteiger charge is 2.41. The predicted octanol–water partition coefficient (Wildman–Crippen LogP) is 4.71. The van der Waals surface area contributed by atoms with Crippen LogP contribution in [0.25, 0.3) is 0 Å². The quantitative estimate of drug-likeness (QED) is 0.501. The zero-order valence-electron chi connectivity index (χ0n) is 20.3. The lowest BCUT2D eigenvalue weighted by Crippen LogP contribution is -2.34. The van der Waals surface area contributed by atoms with E-state index in [0.29, 0.717) is 36.7 Å². The molecule has 0 spiro atoms. The van der Waals surface area contributed by atoms with Gasteiger partial charge >= 0.3 is 5.97 Å². The zero-order valence-corrected chi connectivity index (χ0v) is 20.3. The summed E-state index contributed by atoms with van der Waals surface area (Å²) in [6, 6.07) is 15.8. The van der Waals surface area contributed by atoms with Crippen molar-refractivity contribution >= 4 is 11.9 Å². The summed E-state index contributed by atoms with van der Waals surface area (Å²) in [5, 5.41) is 13.3. The van der Waals surface area contributed by atoms with Gasteiger partial charge in [0.05, 0.1) is 17.3 Å².